The summed E-state index contributed by atoms with van der Waals surface area (Å²) in [4.78, 5) is 12.3. The maximum absolute atomic E-state index is 12.3. The number of carbonyl (C=O) groups is 1. The van der Waals surface area contributed by atoms with Gasteiger partial charge in [-0.15, -0.1) is 0 Å². The van der Waals surface area contributed by atoms with E-state index in [0.29, 0.717) is 18.8 Å². The van der Waals surface area contributed by atoms with E-state index in [2.05, 4.69) is 38.1 Å². The number of hydrogen-bond acceptors (Lipinski definition) is 4. The van der Waals surface area contributed by atoms with Gasteiger partial charge in [0.1, 0.15) is 18.1 Å². The van der Waals surface area contributed by atoms with Gasteiger partial charge in [0, 0.05) is 0 Å². The molecule has 0 unspecified atom stereocenters. The standard InChI is InChI=1S/C36H48O4/c1-3-5-7-9-11-13-27-38-34-23-19-31(20-24-34)32-21-25-35(26-22-32)40-29-30-15-17-33(18-16-30)36(37)39-28-14-12-10-8-6-4-2/h15-26H,3-14,27-29H2,1-2H3. The predicted molar refractivity (Wildman–Crippen MR) is 165 cm³/mol. The molecule has 0 saturated carbocycles. The minimum atomic E-state index is -0.256. The number of ether oxygens (including phenoxy) is 3. The molecular formula is C36H48O4. The molecule has 0 saturated heterocycles. The Hall–Kier alpha value is -3.27. The highest BCUT2D eigenvalue weighted by Crippen LogP contribution is 2.25. The van der Waals surface area contributed by atoms with E-state index in [1.807, 2.05) is 48.5 Å². The van der Waals surface area contributed by atoms with Crippen LogP contribution in [0.4, 0.5) is 0 Å². The first-order valence-electron chi connectivity index (χ1n) is 15.4. The second kappa shape index (κ2) is 18.9. The lowest BCUT2D eigenvalue weighted by atomic mass is 10.1. The molecule has 216 valence electrons. The molecule has 0 spiro atoms. The zero-order valence-corrected chi connectivity index (χ0v) is 24.7. The van der Waals surface area contributed by atoms with Crippen LogP contribution >= 0.6 is 0 Å². The molecule has 0 heterocycles. The molecule has 0 aliphatic carbocycles. The van der Waals surface area contributed by atoms with Gasteiger partial charge >= 0.3 is 5.97 Å². The van der Waals surface area contributed by atoms with Crippen molar-refractivity contribution < 1.29 is 19.0 Å². The van der Waals surface area contributed by atoms with Crippen LogP contribution in [-0.4, -0.2) is 19.2 Å². The molecule has 4 heteroatoms. The molecule has 4 nitrogen and oxygen atoms in total. The van der Waals surface area contributed by atoms with Crippen LogP contribution in [0, 0.1) is 0 Å². The van der Waals surface area contributed by atoms with Crippen molar-refractivity contribution in [3.8, 4) is 22.6 Å². The number of unbranched alkanes of at least 4 members (excludes halogenated alkanes) is 10. The van der Waals surface area contributed by atoms with Gasteiger partial charge < -0.3 is 14.2 Å². The van der Waals surface area contributed by atoms with E-state index >= 15 is 0 Å². The van der Waals surface area contributed by atoms with E-state index in [1.165, 1.54) is 57.8 Å². The Balaban J connectivity index is 1.36. The zero-order chi connectivity index (χ0) is 28.3. The molecule has 40 heavy (non-hydrogen) atoms. The summed E-state index contributed by atoms with van der Waals surface area (Å²) in [7, 11) is 0. The van der Waals surface area contributed by atoms with Crippen molar-refractivity contribution >= 4 is 5.97 Å². The van der Waals surface area contributed by atoms with Crippen LogP contribution in [0.25, 0.3) is 11.1 Å². The first-order chi connectivity index (χ1) is 19.7. The summed E-state index contributed by atoms with van der Waals surface area (Å²) >= 11 is 0. The topological polar surface area (TPSA) is 44.8 Å². The molecule has 3 aromatic carbocycles. The smallest absolute Gasteiger partial charge is 0.338 e. The Kier molecular flexibility index (Phi) is 14.8. The van der Waals surface area contributed by atoms with E-state index < -0.39 is 0 Å². The Morgan fingerprint density at radius 1 is 0.525 bits per heavy atom. The van der Waals surface area contributed by atoms with Gasteiger partial charge in [0.2, 0.25) is 0 Å². The summed E-state index contributed by atoms with van der Waals surface area (Å²) < 4.78 is 17.3. The van der Waals surface area contributed by atoms with Crippen molar-refractivity contribution in [3.05, 3.63) is 83.9 Å². The molecule has 3 rings (SSSR count). The number of rotatable bonds is 20. The number of benzene rings is 3. The van der Waals surface area contributed by atoms with Gasteiger partial charge in [-0.05, 0) is 65.9 Å². The van der Waals surface area contributed by atoms with E-state index in [4.69, 9.17) is 14.2 Å². The van der Waals surface area contributed by atoms with Crippen molar-refractivity contribution in [3.63, 3.8) is 0 Å². The molecule has 0 N–H and O–H groups in total. The average molecular weight is 545 g/mol. The van der Waals surface area contributed by atoms with E-state index in [-0.39, 0.29) is 5.97 Å². The highest BCUT2D eigenvalue weighted by Gasteiger charge is 2.07. The summed E-state index contributed by atoms with van der Waals surface area (Å²) in [6.07, 6.45) is 14.7. The second-order valence-corrected chi connectivity index (χ2v) is 10.6. The lowest BCUT2D eigenvalue weighted by molar-refractivity contribution is 0.0497. The van der Waals surface area contributed by atoms with Gasteiger partial charge in [-0.2, -0.15) is 0 Å². The van der Waals surface area contributed by atoms with Crippen LogP contribution in [0.15, 0.2) is 72.8 Å². The van der Waals surface area contributed by atoms with Crippen molar-refractivity contribution in [2.24, 2.45) is 0 Å². The van der Waals surface area contributed by atoms with Crippen molar-refractivity contribution in [2.45, 2.75) is 97.5 Å². The Morgan fingerprint density at radius 3 is 1.55 bits per heavy atom. The Bertz CT molecular complexity index is 1070. The SMILES string of the molecule is CCCCCCCCOC(=O)c1ccc(COc2ccc(-c3ccc(OCCCCCCCC)cc3)cc2)cc1. The summed E-state index contributed by atoms with van der Waals surface area (Å²) in [5.74, 6) is 1.48. The summed E-state index contributed by atoms with van der Waals surface area (Å²) in [6, 6.07) is 23.9. The fraction of sp³-hybridized carbons (Fsp3) is 0.472. The van der Waals surface area contributed by atoms with Crippen molar-refractivity contribution in [2.75, 3.05) is 13.2 Å². The molecule has 0 atom stereocenters. The molecule has 0 aromatic heterocycles. The average Bonchev–Trinajstić information content (AvgIpc) is 3.00. The summed E-state index contributed by atoms with van der Waals surface area (Å²) in [6.45, 7) is 6.17. The number of hydrogen-bond donors (Lipinski definition) is 0. The van der Waals surface area contributed by atoms with E-state index in [0.717, 1.165) is 54.1 Å². The van der Waals surface area contributed by atoms with Crippen LogP contribution in [0.1, 0.15) is 107 Å². The maximum atomic E-state index is 12.3. The molecule has 0 aliphatic heterocycles. The van der Waals surface area contributed by atoms with E-state index in [9.17, 15) is 4.79 Å². The second-order valence-electron chi connectivity index (χ2n) is 10.6. The largest absolute Gasteiger partial charge is 0.494 e. The lowest BCUT2D eigenvalue weighted by Crippen LogP contribution is -2.06. The van der Waals surface area contributed by atoms with Gasteiger partial charge in [0.25, 0.3) is 0 Å². The third kappa shape index (κ3) is 11.9. The Labute approximate surface area is 242 Å². The lowest BCUT2D eigenvalue weighted by Gasteiger charge is -2.10. The third-order valence-corrected chi connectivity index (χ3v) is 7.13. The monoisotopic (exact) mass is 544 g/mol. The fourth-order valence-corrected chi connectivity index (χ4v) is 4.59. The van der Waals surface area contributed by atoms with Gasteiger partial charge in [-0.25, -0.2) is 4.79 Å². The molecule has 0 fully saturated rings. The van der Waals surface area contributed by atoms with Gasteiger partial charge in [-0.1, -0.05) is 114 Å². The number of carbonyl (C=O) groups excluding carboxylic acids is 1. The third-order valence-electron chi connectivity index (χ3n) is 7.13. The van der Waals surface area contributed by atoms with Crippen molar-refractivity contribution in [1.29, 1.82) is 0 Å². The van der Waals surface area contributed by atoms with Crippen LogP contribution in [0.5, 0.6) is 11.5 Å². The minimum Gasteiger partial charge on any atom is -0.494 e. The molecule has 0 bridgehead atoms. The minimum absolute atomic E-state index is 0.256. The van der Waals surface area contributed by atoms with Gasteiger partial charge in [-0.3, -0.25) is 0 Å². The van der Waals surface area contributed by atoms with Crippen LogP contribution in [0.2, 0.25) is 0 Å². The van der Waals surface area contributed by atoms with Crippen LogP contribution < -0.4 is 9.47 Å². The van der Waals surface area contributed by atoms with Gasteiger partial charge in [0.05, 0.1) is 18.8 Å². The molecule has 3 aromatic rings. The first-order valence-corrected chi connectivity index (χ1v) is 15.4. The highest BCUT2D eigenvalue weighted by atomic mass is 16.5. The van der Waals surface area contributed by atoms with E-state index in [1.54, 1.807) is 0 Å². The summed E-state index contributed by atoms with van der Waals surface area (Å²) in [5, 5.41) is 0. The number of esters is 1. The highest BCUT2D eigenvalue weighted by molar-refractivity contribution is 5.89. The quantitative estimate of drug-likeness (QED) is 0.105. The maximum Gasteiger partial charge on any atom is 0.338 e. The van der Waals surface area contributed by atoms with Crippen LogP contribution in [-0.2, 0) is 11.3 Å². The molecule has 0 amide bonds. The van der Waals surface area contributed by atoms with Crippen molar-refractivity contribution in [1.82, 2.24) is 0 Å². The predicted octanol–water partition coefficient (Wildman–Crippen LogP) is 10.2. The van der Waals surface area contributed by atoms with Gasteiger partial charge in [0.15, 0.2) is 0 Å². The van der Waals surface area contributed by atoms with Crippen LogP contribution in [0.3, 0.4) is 0 Å². The molecule has 0 radical (unpaired) electrons. The molecule has 0 aliphatic rings. The zero-order valence-electron chi connectivity index (χ0n) is 24.7. The summed E-state index contributed by atoms with van der Waals surface area (Å²) in [5.41, 5.74) is 3.88. The Morgan fingerprint density at radius 2 is 1.00 bits per heavy atom. The normalized spacial score (nSPS) is 10.8. The first kappa shape index (κ1) is 31.3. The fourth-order valence-electron chi connectivity index (χ4n) is 4.59. The molecular weight excluding hydrogens is 496 g/mol.